The van der Waals surface area contributed by atoms with Crippen molar-refractivity contribution in [3.05, 3.63) is 0 Å². The molecule has 0 unspecified atom stereocenters. The topological polar surface area (TPSA) is 3.24 Å². The fourth-order valence-electron chi connectivity index (χ4n) is 1.66. The highest BCUT2D eigenvalue weighted by Gasteiger charge is 2.15. The lowest BCUT2D eigenvalue weighted by Crippen LogP contribution is -2.32. The number of likely N-dealkylation sites (tertiary alicyclic amines) is 1. The van der Waals surface area contributed by atoms with Crippen molar-refractivity contribution in [3.8, 4) is 0 Å². The molecule has 1 fully saturated rings. The first-order valence-corrected chi connectivity index (χ1v) is 5.19. The maximum absolute atomic E-state index is 3.49. The monoisotopic (exact) mass is 205 g/mol. The van der Waals surface area contributed by atoms with Gasteiger partial charge in [-0.3, -0.25) is 0 Å². The maximum Gasteiger partial charge on any atom is 0.00344 e. The minimum absolute atomic E-state index is 0.957. The number of alkyl halides is 1. The summed E-state index contributed by atoms with van der Waals surface area (Å²) in [7, 11) is 2.22. The van der Waals surface area contributed by atoms with E-state index >= 15 is 0 Å². The van der Waals surface area contributed by atoms with Crippen molar-refractivity contribution in [2.24, 2.45) is 5.92 Å². The molecule has 1 saturated heterocycles. The number of rotatable bonds is 2. The Bertz CT molecular complexity index is 93.3. The maximum atomic E-state index is 3.49. The molecule has 0 aromatic heterocycles. The van der Waals surface area contributed by atoms with Crippen molar-refractivity contribution in [1.29, 1.82) is 0 Å². The minimum atomic E-state index is 0.957. The highest BCUT2D eigenvalue weighted by atomic mass is 79.9. The van der Waals surface area contributed by atoms with E-state index in [2.05, 4.69) is 27.9 Å². The predicted octanol–water partition coefficient (Wildman–Crippen LogP) is 2.11. The highest BCUT2D eigenvalue weighted by Crippen LogP contribution is 2.18. The van der Waals surface area contributed by atoms with Crippen molar-refractivity contribution in [2.45, 2.75) is 19.3 Å². The van der Waals surface area contributed by atoms with E-state index in [0.29, 0.717) is 0 Å². The summed E-state index contributed by atoms with van der Waals surface area (Å²) in [6, 6.07) is 0. The zero-order valence-electron chi connectivity index (χ0n) is 6.65. The van der Waals surface area contributed by atoms with Gasteiger partial charge in [0.25, 0.3) is 0 Å². The summed E-state index contributed by atoms with van der Waals surface area (Å²) < 4.78 is 0. The Morgan fingerprint density at radius 2 is 2.40 bits per heavy atom. The summed E-state index contributed by atoms with van der Waals surface area (Å²) in [5.41, 5.74) is 0. The lowest BCUT2D eigenvalue weighted by molar-refractivity contribution is 0.207. The van der Waals surface area contributed by atoms with E-state index in [4.69, 9.17) is 0 Å². The average Bonchev–Trinajstić information content (AvgIpc) is 1.88. The molecule has 60 valence electrons. The number of piperidine rings is 1. The van der Waals surface area contributed by atoms with Crippen LogP contribution in [0, 0.1) is 5.92 Å². The van der Waals surface area contributed by atoms with Crippen LogP contribution in [0.15, 0.2) is 0 Å². The Morgan fingerprint density at radius 1 is 1.60 bits per heavy atom. The molecule has 0 saturated carbocycles. The summed E-state index contributed by atoms with van der Waals surface area (Å²) in [5, 5.41) is 1.17. The van der Waals surface area contributed by atoms with Gasteiger partial charge in [-0.1, -0.05) is 15.9 Å². The van der Waals surface area contributed by atoms with Crippen molar-refractivity contribution in [2.75, 3.05) is 25.5 Å². The molecule has 10 heavy (non-hydrogen) atoms. The molecule has 0 aliphatic carbocycles. The van der Waals surface area contributed by atoms with Gasteiger partial charge in [0.2, 0.25) is 0 Å². The zero-order chi connectivity index (χ0) is 7.40. The summed E-state index contributed by atoms with van der Waals surface area (Å²) >= 11 is 3.49. The van der Waals surface area contributed by atoms with Gasteiger partial charge in [0.1, 0.15) is 0 Å². The van der Waals surface area contributed by atoms with Crippen molar-refractivity contribution >= 4 is 15.9 Å². The average molecular weight is 206 g/mol. The van der Waals surface area contributed by atoms with Gasteiger partial charge in [0.15, 0.2) is 0 Å². The number of halogens is 1. The SMILES string of the molecule is CN1CCC[C@H](CCBr)C1. The van der Waals surface area contributed by atoms with Gasteiger partial charge in [0, 0.05) is 11.9 Å². The first-order valence-electron chi connectivity index (χ1n) is 4.07. The van der Waals surface area contributed by atoms with Gasteiger partial charge < -0.3 is 4.90 Å². The van der Waals surface area contributed by atoms with Gasteiger partial charge in [-0.05, 0) is 38.8 Å². The molecule has 0 radical (unpaired) electrons. The lowest BCUT2D eigenvalue weighted by Gasteiger charge is -2.29. The molecule has 1 aliphatic heterocycles. The van der Waals surface area contributed by atoms with Crippen molar-refractivity contribution < 1.29 is 0 Å². The van der Waals surface area contributed by atoms with Gasteiger partial charge in [-0.2, -0.15) is 0 Å². The van der Waals surface area contributed by atoms with Crippen LogP contribution in [-0.2, 0) is 0 Å². The predicted molar refractivity (Wildman–Crippen MR) is 48.6 cm³/mol. The van der Waals surface area contributed by atoms with Crippen LogP contribution in [0.25, 0.3) is 0 Å². The normalized spacial score (nSPS) is 28.8. The van der Waals surface area contributed by atoms with Crippen LogP contribution in [0.1, 0.15) is 19.3 Å². The Morgan fingerprint density at radius 3 is 3.00 bits per heavy atom. The smallest absolute Gasteiger partial charge is 0.00344 e. The van der Waals surface area contributed by atoms with Crippen molar-refractivity contribution in [1.82, 2.24) is 4.90 Å². The Labute approximate surface area is 71.9 Å². The van der Waals surface area contributed by atoms with E-state index in [-0.39, 0.29) is 0 Å². The fraction of sp³-hybridized carbons (Fsp3) is 1.00. The van der Waals surface area contributed by atoms with E-state index in [1.165, 1.54) is 37.7 Å². The first kappa shape index (κ1) is 8.54. The third-order valence-corrected chi connectivity index (χ3v) is 2.70. The number of hydrogen-bond acceptors (Lipinski definition) is 1. The van der Waals surface area contributed by atoms with Gasteiger partial charge in [-0.15, -0.1) is 0 Å². The molecule has 0 spiro atoms. The van der Waals surface area contributed by atoms with Crippen LogP contribution < -0.4 is 0 Å². The van der Waals surface area contributed by atoms with E-state index in [9.17, 15) is 0 Å². The Kier molecular flexibility index (Phi) is 3.71. The quantitative estimate of drug-likeness (QED) is 0.625. The van der Waals surface area contributed by atoms with Crippen molar-refractivity contribution in [3.63, 3.8) is 0 Å². The molecule has 0 bridgehead atoms. The lowest BCUT2D eigenvalue weighted by atomic mass is 9.96. The molecule has 1 atom stereocenters. The van der Waals surface area contributed by atoms with Crippen LogP contribution in [0.5, 0.6) is 0 Å². The first-order chi connectivity index (χ1) is 4.83. The molecule has 0 amide bonds. The molecule has 1 nitrogen and oxygen atoms in total. The van der Waals surface area contributed by atoms with E-state index in [1.807, 2.05) is 0 Å². The van der Waals surface area contributed by atoms with Gasteiger partial charge >= 0.3 is 0 Å². The standard InChI is InChI=1S/C8H16BrN/c1-10-6-2-3-8(7-10)4-5-9/h8H,2-7H2,1H3/t8-/m1/s1. The van der Waals surface area contributed by atoms with Crippen LogP contribution in [0.2, 0.25) is 0 Å². The summed E-state index contributed by atoms with van der Waals surface area (Å²) in [4.78, 5) is 2.44. The summed E-state index contributed by atoms with van der Waals surface area (Å²) in [6.45, 7) is 2.62. The zero-order valence-corrected chi connectivity index (χ0v) is 8.23. The highest BCUT2D eigenvalue weighted by molar-refractivity contribution is 9.09. The van der Waals surface area contributed by atoms with Gasteiger partial charge in [0.05, 0.1) is 0 Å². The molecule has 0 N–H and O–H groups in total. The molecule has 1 rings (SSSR count). The Balaban J connectivity index is 2.18. The molecular formula is C8H16BrN. The second-order valence-corrected chi connectivity index (χ2v) is 4.04. The van der Waals surface area contributed by atoms with Gasteiger partial charge in [-0.25, -0.2) is 0 Å². The molecule has 0 aromatic carbocycles. The molecule has 2 heteroatoms. The molecule has 1 heterocycles. The van der Waals surface area contributed by atoms with Crippen LogP contribution in [0.3, 0.4) is 0 Å². The largest absolute Gasteiger partial charge is 0.306 e. The number of nitrogens with zero attached hydrogens (tertiary/aromatic N) is 1. The molecule has 1 aliphatic rings. The minimum Gasteiger partial charge on any atom is -0.306 e. The third kappa shape index (κ3) is 2.59. The molecular weight excluding hydrogens is 190 g/mol. The molecule has 0 aromatic rings. The van der Waals surface area contributed by atoms with Crippen LogP contribution in [0.4, 0.5) is 0 Å². The van der Waals surface area contributed by atoms with Crippen LogP contribution in [-0.4, -0.2) is 30.4 Å². The third-order valence-electron chi connectivity index (χ3n) is 2.24. The fourth-order valence-corrected chi connectivity index (χ4v) is 2.31. The summed E-state index contributed by atoms with van der Waals surface area (Å²) in [5.74, 6) is 0.957. The van der Waals surface area contributed by atoms with E-state index in [0.717, 1.165) is 5.92 Å². The summed E-state index contributed by atoms with van der Waals surface area (Å²) in [6.07, 6.45) is 4.19. The van der Waals surface area contributed by atoms with E-state index < -0.39 is 0 Å². The second-order valence-electron chi connectivity index (χ2n) is 3.25. The van der Waals surface area contributed by atoms with E-state index in [1.54, 1.807) is 0 Å². The number of hydrogen-bond donors (Lipinski definition) is 0. The van der Waals surface area contributed by atoms with Crippen LogP contribution >= 0.6 is 15.9 Å². The Hall–Kier alpha value is 0.440. The second kappa shape index (κ2) is 4.35.